The van der Waals surface area contributed by atoms with E-state index in [0.717, 1.165) is 23.5 Å². The van der Waals surface area contributed by atoms with E-state index in [1.807, 2.05) is 38.2 Å². The molecule has 0 aliphatic heterocycles. The van der Waals surface area contributed by atoms with Gasteiger partial charge in [-0.25, -0.2) is 4.39 Å². The molecule has 0 atom stereocenters. The van der Waals surface area contributed by atoms with Crippen molar-refractivity contribution < 1.29 is 4.39 Å². The number of anilines is 2. The van der Waals surface area contributed by atoms with E-state index in [0.29, 0.717) is 6.42 Å². The number of aryl methyl sites for hydroxylation is 1. The molecule has 19 heavy (non-hydrogen) atoms. The maximum atomic E-state index is 13.5. The Bertz CT molecular complexity index is 566. The average molecular weight is 258 g/mol. The zero-order valence-corrected chi connectivity index (χ0v) is 11.4. The lowest BCUT2D eigenvalue weighted by Gasteiger charge is -2.21. The topological polar surface area (TPSA) is 29.3 Å². The van der Waals surface area contributed by atoms with Gasteiger partial charge in [0.25, 0.3) is 0 Å². The first-order valence-corrected chi connectivity index (χ1v) is 6.38. The van der Waals surface area contributed by atoms with Crippen molar-refractivity contribution in [3.8, 4) is 0 Å². The van der Waals surface area contributed by atoms with Crippen molar-refractivity contribution in [2.45, 2.75) is 13.3 Å². The molecule has 2 rings (SSSR count). The van der Waals surface area contributed by atoms with E-state index in [1.54, 1.807) is 6.07 Å². The van der Waals surface area contributed by atoms with Gasteiger partial charge in [-0.2, -0.15) is 0 Å². The molecule has 0 aliphatic carbocycles. The minimum absolute atomic E-state index is 0.145. The van der Waals surface area contributed by atoms with Crippen LogP contribution in [0.1, 0.15) is 11.1 Å². The van der Waals surface area contributed by atoms with Crippen LogP contribution in [0.4, 0.5) is 15.8 Å². The number of hydrogen-bond donors (Lipinski definition) is 1. The van der Waals surface area contributed by atoms with Crippen LogP contribution in [0.3, 0.4) is 0 Å². The summed E-state index contributed by atoms with van der Waals surface area (Å²) in [5, 5.41) is 0. The minimum atomic E-state index is -0.145. The molecule has 0 unspecified atom stereocenters. The number of nitrogens with two attached hydrogens (primary N) is 1. The zero-order valence-electron chi connectivity index (χ0n) is 11.4. The monoisotopic (exact) mass is 258 g/mol. The summed E-state index contributed by atoms with van der Waals surface area (Å²) in [5.41, 5.74) is 9.63. The Morgan fingerprint density at radius 3 is 2.63 bits per heavy atom. The maximum Gasteiger partial charge on any atom is 0.126 e. The summed E-state index contributed by atoms with van der Waals surface area (Å²) in [6.07, 6.45) is 0.663. The molecular weight excluding hydrogens is 239 g/mol. The highest BCUT2D eigenvalue weighted by molar-refractivity contribution is 5.68. The van der Waals surface area contributed by atoms with Gasteiger partial charge in [0.15, 0.2) is 0 Å². The van der Waals surface area contributed by atoms with Gasteiger partial charge in [-0.05, 0) is 42.7 Å². The molecule has 0 radical (unpaired) electrons. The molecule has 0 aliphatic rings. The molecule has 0 fully saturated rings. The van der Waals surface area contributed by atoms with E-state index >= 15 is 0 Å². The van der Waals surface area contributed by atoms with Crippen molar-refractivity contribution in [1.82, 2.24) is 0 Å². The van der Waals surface area contributed by atoms with Crippen LogP contribution in [-0.2, 0) is 6.42 Å². The van der Waals surface area contributed by atoms with Crippen LogP contribution in [0, 0.1) is 12.7 Å². The fourth-order valence-corrected chi connectivity index (χ4v) is 2.09. The summed E-state index contributed by atoms with van der Waals surface area (Å²) in [7, 11) is 1.98. The normalized spacial score (nSPS) is 10.5. The van der Waals surface area contributed by atoms with Crippen LogP contribution < -0.4 is 10.6 Å². The molecule has 0 saturated heterocycles. The van der Waals surface area contributed by atoms with Crippen molar-refractivity contribution in [1.29, 1.82) is 0 Å². The molecule has 2 aromatic carbocycles. The smallest absolute Gasteiger partial charge is 0.126 e. The second kappa shape index (κ2) is 5.74. The standard InChI is InChI=1S/C16H19FN2/c1-12-7-8-15(18)16(11-12)19(2)10-9-13-5-3-4-6-14(13)17/h3-8,11H,9-10,18H2,1-2H3. The van der Waals surface area contributed by atoms with Crippen molar-refractivity contribution in [2.24, 2.45) is 0 Å². The Morgan fingerprint density at radius 2 is 1.89 bits per heavy atom. The molecule has 0 amide bonds. The SMILES string of the molecule is Cc1ccc(N)c(N(C)CCc2ccccc2F)c1. The van der Waals surface area contributed by atoms with E-state index in [-0.39, 0.29) is 5.82 Å². The van der Waals surface area contributed by atoms with E-state index in [4.69, 9.17) is 5.73 Å². The summed E-state index contributed by atoms with van der Waals surface area (Å²) in [6.45, 7) is 2.77. The van der Waals surface area contributed by atoms with Crippen LogP contribution in [0.25, 0.3) is 0 Å². The number of benzene rings is 2. The summed E-state index contributed by atoms with van der Waals surface area (Å²) >= 11 is 0. The second-order valence-electron chi connectivity index (χ2n) is 4.83. The average Bonchev–Trinajstić information content (AvgIpc) is 2.40. The van der Waals surface area contributed by atoms with Crippen molar-refractivity contribution in [3.63, 3.8) is 0 Å². The predicted molar refractivity (Wildman–Crippen MR) is 79.0 cm³/mol. The first-order chi connectivity index (χ1) is 9.08. The Labute approximate surface area is 113 Å². The van der Waals surface area contributed by atoms with Gasteiger partial charge in [-0.1, -0.05) is 24.3 Å². The third kappa shape index (κ3) is 3.25. The highest BCUT2D eigenvalue weighted by Gasteiger charge is 2.07. The molecule has 0 saturated carbocycles. The van der Waals surface area contributed by atoms with Gasteiger partial charge in [-0.15, -0.1) is 0 Å². The maximum absolute atomic E-state index is 13.5. The third-order valence-electron chi connectivity index (χ3n) is 3.27. The molecule has 2 nitrogen and oxygen atoms in total. The number of nitrogens with zero attached hydrogens (tertiary/aromatic N) is 1. The minimum Gasteiger partial charge on any atom is -0.397 e. The third-order valence-corrected chi connectivity index (χ3v) is 3.27. The lowest BCUT2D eigenvalue weighted by molar-refractivity contribution is 0.608. The first-order valence-electron chi connectivity index (χ1n) is 6.38. The first kappa shape index (κ1) is 13.4. The van der Waals surface area contributed by atoms with Crippen LogP contribution >= 0.6 is 0 Å². The van der Waals surface area contributed by atoms with Gasteiger partial charge in [0.2, 0.25) is 0 Å². The predicted octanol–water partition coefficient (Wildman–Crippen LogP) is 3.40. The molecule has 0 aromatic heterocycles. The van der Waals surface area contributed by atoms with Crippen LogP contribution in [0.5, 0.6) is 0 Å². The number of nitrogen functional groups attached to an aromatic ring is 1. The van der Waals surface area contributed by atoms with Gasteiger partial charge in [0, 0.05) is 13.6 Å². The number of halogens is 1. The van der Waals surface area contributed by atoms with E-state index in [2.05, 4.69) is 11.0 Å². The highest BCUT2D eigenvalue weighted by Crippen LogP contribution is 2.23. The van der Waals surface area contributed by atoms with Crippen molar-refractivity contribution >= 4 is 11.4 Å². The molecule has 2 aromatic rings. The van der Waals surface area contributed by atoms with Gasteiger partial charge in [0.1, 0.15) is 5.82 Å². The lowest BCUT2D eigenvalue weighted by Crippen LogP contribution is -2.21. The number of hydrogen-bond acceptors (Lipinski definition) is 2. The van der Waals surface area contributed by atoms with E-state index in [9.17, 15) is 4.39 Å². The zero-order chi connectivity index (χ0) is 13.8. The second-order valence-corrected chi connectivity index (χ2v) is 4.83. The van der Waals surface area contributed by atoms with Crippen LogP contribution in [-0.4, -0.2) is 13.6 Å². The highest BCUT2D eigenvalue weighted by atomic mass is 19.1. The van der Waals surface area contributed by atoms with Crippen molar-refractivity contribution in [2.75, 3.05) is 24.2 Å². The quantitative estimate of drug-likeness (QED) is 0.852. The van der Waals surface area contributed by atoms with Crippen molar-refractivity contribution in [3.05, 3.63) is 59.4 Å². The Kier molecular flexibility index (Phi) is 4.05. The molecule has 100 valence electrons. The van der Waals surface area contributed by atoms with Gasteiger partial charge in [-0.3, -0.25) is 0 Å². The van der Waals surface area contributed by atoms with E-state index < -0.39 is 0 Å². The van der Waals surface area contributed by atoms with Crippen LogP contribution in [0.15, 0.2) is 42.5 Å². The van der Waals surface area contributed by atoms with Gasteiger partial charge in [0.05, 0.1) is 11.4 Å². The summed E-state index contributed by atoms with van der Waals surface area (Å²) in [5.74, 6) is -0.145. The Balaban J connectivity index is 2.07. The summed E-state index contributed by atoms with van der Waals surface area (Å²) in [6, 6.07) is 12.8. The number of likely N-dealkylation sites (N-methyl/N-ethyl adjacent to an activating group) is 1. The molecule has 2 N–H and O–H groups in total. The van der Waals surface area contributed by atoms with E-state index in [1.165, 1.54) is 11.6 Å². The molecular formula is C16H19FN2. The Morgan fingerprint density at radius 1 is 1.16 bits per heavy atom. The number of rotatable bonds is 4. The fraction of sp³-hybridized carbons (Fsp3) is 0.250. The van der Waals surface area contributed by atoms with Gasteiger partial charge < -0.3 is 10.6 Å². The Hall–Kier alpha value is -2.03. The summed E-state index contributed by atoms with van der Waals surface area (Å²) < 4.78 is 13.5. The molecule has 0 bridgehead atoms. The lowest BCUT2D eigenvalue weighted by atomic mass is 10.1. The largest absolute Gasteiger partial charge is 0.397 e. The molecule has 0 heterocycles. The fourth-order valence-electron chi connectivity index (χ4n) is 2.09. The van der Waals surface area contributed by atoms with Gasteiger partial charge >= 0.3 is 0 Å². The molecule has 3 heteroatoms. The van der Waals surface area contributed by atoms with Crippen LogP contribution in [0.2, 0.25) is 0 Å². The molecule has 0 spiro atoms. The summed E-state index contributed by atoms with van der Waals surface area (Å²) in [4.78, 5) is 2.06.